The number of benzene rings is 3. The number of nitrogens with zero attached hydrogens (tertiary/aromatic N) is 3. The molecule has 1 N–H and O–H groups in total. The van der Waals surface area contributed by atoms with Crippen molar-refractivity contribution in [3.63, 3.8) is 0 Å². The molecule has 6 nitrogen and oxygen atoms in total. The molecule has 0 aliphatic carbocycles. The number of thioether (sulfide) groups is 1. The minimum atomic E-state index is -0.347. The molecule has 0 atom stereocenters. The monoisotopic (exact) mass is 448 g/mol. The summed E-state index contributed by atoms with van der Waals surface area (Å²) in [6.07, 6.45) is 3.31. The molecule has 0 fully saturated rings. The average Bonchev–Trinajstić information content (AvgIpc) is 3.26. The molecule has 0 aliphatic rings. The fraction of sp³-hybridized carbons (Fsp3) is 0.125. The Hall–Kier alpha value is -3.65. The third-order valence-corrected chi connectivity index (χ3v) is 5.84. The van der Waals surface area contributed by atoms with Crippen LogP contribution in [0.15, 0.2) is 84.3 Å². The lowest BCUT2D eigenvalue weighted by Gasteiger charge is -2.17. The number of hydrogen-bond donors (Lipinski definition) is 1. The number of aromatic nitrogens is 2. The number of amides is 2. The van der Waals surface area contributed by atoms with Crippen LogP contribution in [0, 0.1) is 5.82 Å². The highest BCUT2D eigenvalue weighted by atomic mass is 32.2. The van der Waals surface area contributed by atoms with Gasteiger partial charge in [0.05, 0.1) is 18.0 Å². The van der Waals surface area contributed by atoms with E-state index in [0.29, 0.717) is 16.5 Å². The van der Waals surface area contributed by atoms with E-state index in [9.17, 15) is 14.0 Å². The maximum atomic E-state index is 13.5. The fourth-order valence-electron chi connectivity index (χ4n) is 3.28. The van der Waals surface area contributed by atoms with Gasteiger partial charge in [-0.05, 0) is 29.7 Å². The van der Waals surface area contributed by atoms with Gasteiger partial charge in [-0.15, -0.1) is 0 Å². The van der Waals surface area contributed by atoms with E-state index in [-0.39, 0.29) is 29.9 Å². The SMILES string of the molecule is CN(CC(=O)Nc1cccc2ccccc12)C(=O)CSc1nccn1-c1cccc(F)c1. The summed E-state index contributed by atoms with van der Waals surface area (Å²) >= 11 is 1.23. The van der Waals surface area contributed by atoms with E-state index < -0.39 is 0 Å². The normalized spacial score (nSPS) is 10.8. The molecule has 0 spiro atoms. The van der Waals surface area contributed by atoms with Gasteiger partial charge in [0, 0.05) is 30.5 Å². The topological polar surface area (TPSA) is 67.2 Å². The van der Waals surface area contributed by atoms with Gasteiger partial charge in [-0.2, -0.15) is 0 Å². The number of nitrogens with one attached hydrogen (secondary N) is 1. The second-order valence-electron chi connectivity index (χ2n) is 7.17. The highest BCUT2D eigenvalue weighted by molar-refractivity contribution is 7.99. The summed E-state index contributed by atoms with van der Waals surface area (Å²) in [6.45, 7) is -0.0685. The zero-order valence-electron chi connectivity index (χ0n) is 17.4. The Labute approximate surface area is 189 Å². The first-order chi connectivity index (χ1) is 15.5. The van der Waals surface area contributed by atoms with Crippen molar-refractivity contribution in [3.05, 3.63) is 84.9 Å². The second-order valence-corrected chi connectivity index (χ2v) is 8.12. The number of halogens is 1. The van der Waals surface area contributed by atoms with Crippen molar-refractivity contribution in [1.82, 2.24) is 14.5 Å². The van der Waals surface area contributed by atoms with Gasteiger partial charge >= 0.3 is 0 Å². The minimum Gasteiger partial charge on any atom is -0.336 e. The Morgan fingerprint density at radius 2 is 1.88 bits per heavy atom. The third kappa shape index (κ3) is 4.97. The number of rotatable bonds is 7. The lowest BCUT2D eigenvalue weighted by atomic mass is 10.1. The number of anilines is 1. The summed E-state index contributed by atoms with van der Waals surface area (Å²) in [5.41, 5.74) is 1.33. The first-order valence-electron chi connectivity index (χ1n) is 9.95. The number of carbonyl (C=O) groups is 2. The van der Waals surface area contributed by atoms with Crippen molar-refractivity contribution in [2.45, 2.75) is 5.16 Å². The summed E-state index contributed by atoms with van der Waals surface area (Å²) in [7, 11) is 1.59. The molecule has 4 aromatic rings. The lowest BCUT2D eigenvalue weighted by Crippen LogP contribution is -2.36. The maximum Gasteiger partial charge on any atom is 0.244 e. The van der Waals surface area contributed by atoms with Crippen LogP contribution in [-0.4, -0.2) is 45.6 Å². The van der Waals surface area contributed by atoms with Crippen LogP contribution in [0.3, 0.4) is 0 Å². The zero-order chi connectivity index (χ0) is 22.5. The number of hydrogen-bond acceptors (Lipinski definition) is 4. The number of likely N-dealkylation sites (N-methyl/N-ethyl adjacent to an activating group) is 1. The minimum absolute atomic E-state index is 0.0685. The molecule has 0 unspecified atom stereocenters. The van der Waals surface area contributed by atoms with Crippen molar-refractivity contribution in [3.8, 4) is 5.69 Å². The summed E-state index contributed by atoms with van der Waals surface area (Å²) < 4.78 is 15.3. The van der Waals surface area contributed by atoms with Crippen molar-refractivity contribution in [1.29, 1.82) is 0 Å². The van der Waals surface area contributed by atoms with Crippen LogP contribution in [0.5, 0.6) is 0 Å². The molecule has 162 valence electrons. The molecule has 0 bridgehead atoms. The molecular formula is C24H21FN4O2S. The summed E-state index contributed by atoms with van der Waals surface area (Å²) in [5, 5.41) is 5.42. The predicted octanol–water partition coefficient (Wildman–Crippen LogP) is 4.35. The van der Waals surface area contributed by atoms with E-state index in [1.807, 2.05) is 42.5 Å². The Balaban J connectivity index is 1.35. The first kappa shape index (κ1) is 21.6. The fourth-order valence-corrected chi connectivity index (χ4v) is 4.20. The highest BCUT2D eigenvalue weighted by Crippen LogP contribution is 2.23. The van der Waals surface area contributed by atoms with Gasteiger partial charge in [0.1, 0.15) is 5.82 Å². The number of carbonyl (C=O) groups excluding carboxylic acids is 2. The van der Waals surface area contributed by atoms with Gasteiger partial charge in [0.25, 0.3) is 0 Å². The summed E-state index contributed by atoms with van der Waals surface area (Å²) in [4.78, 5) is 30.7. The molecule has 2 amide bonds. The molecule has 0 saturated carbocycles. The van der Waals surface area contributed by atoms with Crippen molar-refractivity contribution < 1.29 is 14.0 Å². The van der Waals surface area contributed by atoms with Crippen LogP contribution in [0.2, 0.25) is 0 Å². The van der Waals surface area contributed by atoms with Gasteiger partial charge in [-0.1, -0.05) is 54.2 Å². The first-order valence-corrected chi connectivity index (χ1v) is 10.9. The Morgan fingerprint density at radius 1 is 1.09 bits per heavy atom. The van der Waals surface area contributed by atoms with Crippen LogP contribution in [0.25, 0.3) is 16.5 Å². The van der Waals surface area contributed by atoms with Crippen molar-refractivity contribution >= 4 is 40.0 Å². The Morgan fingerprint density at radius 3 is 2.72 bits per heavy atom. The molecule has 32 heavy (non-hydrogen) atoms. The Bertz CT molecular complexity index is 1270. The van der Waals surface area contributed by atoms with Crippen LogP contribution in [0.1, 0.15) is 0 Å². The van der Waals surface area contributed by atoms with Crippen LogP contribution in [0.4, 0.5) is 10.1 Å². The van der Waals surface area contributed by atoms with Gasteiger partial charge < -0.3 is 10.2 Å². The molecule has 0 radical (unpaired) electrons. The van der Waals surface area contributed by atoms with E-state index in [0.717, 1.165) is 10.8 Å². The van der Waals surface area contributed by atoms with Gasteiger partial charge in [0.15, 0.2) is 5.16 Å². The molecule has 4 rings (SSSR count). The van der Waals surface area contributed by atoms with Crippen LogP contribution in [-0.2, 0) is 9.59 Å². The predicted molar refractivity (Wildman–Crippen MR) is 124 cm³/mol. The van der Waals surface area contributed by atoms with E-state index in [1.165, 1.54) is 28.8 Å². The molecule has 1 heterocycles. The summed E-state index contributed by atoms with van der Waals surface area (Å²) in [6, 6.07) is 19.6. The quantitative estimate of drug-likeness (QED) is 0.427. The molecule has 1 aromatic heterocycles. The largest absolute Gasteiger partial charge is 0.336 e. The zero-order valence-corrected chi connectivity index (χ0v) is 18.2. The number of fused-ring (bicyclic) bond motifs is 1. The molecule has 0 aliphatic heterocycles. The van der Waals surface area contributed by atoms with Crippen molar-refractivity contribution in [2.75, 3.05) is 24.7 Å². The van der Waals surface area contributed by atoms with Gasteiger partial charge in [-0.25, -0.2) is 9.37 Å². The Kier molecular flexibility index (Phi) is 6.51. The smallest absolute Gasteiger partial charge is 0.244 e. The third-order valence-electron chi connectivity index (χ3n) is 4.89. The molecule has 0 saturated heterocycles. The highest BCUT2D eigenvalue weighted by Gasteiger charge is 2.16. The number of imidazole rings is 1. The van der Waals surface area contributed by atoms with E-state index in [1.54, 1.807) is 36.1 Å². The lowest BCUT2D eigenvalue weighted by molar-refractivity contribution is -0.131. The van der Waals surface area contributed by atoms with Gasteiger partial charge in [-0.3, -0.25) is 14.2 Å². The van der Waals surface area contributed by atoms with Crippen LogP contribution < -0.4 is 5.32 Å². The van der Waals surface area contributed by atoms with E-state index >= 15 is 0 Å². The van der Waals surface area contributed by atoms with Crippen LogP contribution >= 0.6 is 11.8 Å². The van der Waals surface area contributed by atoms with E-state index in [2.05, 4.69) is 10.3 Å². The maximum absolute atomic E-state index is 13.5. The molecule has 3 aromatic carbocycles. The average molecular weight is 449 g/mol. The van der Waals surface area contributed by atoms with Gasteiger partial charge in [0.2, 0.25) is 11.8 Å². The summed E-state index contributed by atoms with van der Waals surface area (Å²) in [5.74, 6) is -0.731. The van der Waals surface area contributed by atoms with E-state index in [4.69, 9.17) is 0 Å². The second kappa shape index (κ2) is 9.65. The van der Waals surface area contributed by atoms with Crippen molar-refractivity contribution in [2.24, 2.45) is 0 Å². The molecule has 8 heteroatoms. The molecular weight excluding hydrogens is 427 g/mol. The standard InChI is InChI=1S/C24H21FN4O2S/c1-28(15-22(30)27-21-11-4-7-17-6-2-3-10-20(17)21)23(31)16-32-24-26-12-13-29(24)19-9-5-8-18(25)14-19/h2-14H,15-16H2,1H3,(H,27,30).